The van der Waals surface area contributed by atoms with Gasteiger partial charge in [-0.15, -0.1) is 0 Å². The van der Waals surface area contributed by atoms with Crippen LogP contribution in [0.5, 0.6) is 17.2 Å². The monoisotopic (exact) mass is 509 g/mol. The van der Waals surface area contributed by atoms with Gasteiger partial charge in [0.25, 0.3) is 10.0 Å². The van der Waals surface area contributed by atoms with Crippen molar-refractivity contribution in [1.82, 2.24) is 4.72 Å². The maximum atomic E-state index is 13.5. The van der Waals surface area contributed by atoms with Gasteiger partial charge in [-0.05, 0) is 71.8 Å². The van der Waals surface area contributed by atoms with Gasteiger partial charge in [0.1, 0.15) is 5.75 Å². The smallest absolute Gasteiger partial charge is 0.264 e. The second-order valence-corrected chi connectivity index (χ2v) is 10.7. The third-order valence-electron chi connectivity index (χ3n) is 6.02. The standard InChI is InChI=1S/C28H31NO6S/c1-4-14-33-23-7-5-6-20(15-23)16-25(22-10-13-26-27(17-22)35-18-34-26)28(30)29-36(31,32)24-11-8-21(9-12-24)19(2)3/h5-13,15,17,19,25H,4,14,16,18H2,1-3H3,(H,29,30). The lowest BCUT2D eigenvalue weighted by Gasteiger charge is -2.19. The molecule has 1 atom stereocenters. The Bertz CT molecular complexity index is 1320. The number of ether oxygens (including phenoxy) is 3. The number of carbonyl (C=O) groups excluding carboxylic acids is 1. The number of amides is 1. The second kappa shape index (κ2) is 11.0. The van der Waals surface area contributed by atoms with Crippen LogP contribution in [0.4, 0.5) is 0 Å². The normalized spacial score (nSPS) is 13.4. The molecule has 7 nitrogen and oxygen atoms in total. The molecule has 0 bridgehead atoms. The highest BCUT2D eigenvalue weighted by Crippen LogP contribution is 2.36. The molecule has 0 fully saturated rings. The van der Waals surface area contributed by atoms with Crippen LogP contribution < -0.4 is 18.9 Å². The van der Waals surface area contributed by atoms with Crippen LogP contribution in [0.2, 0.25) is 0 Å². The van der Waals surface area contributed by atoms with E-state index in [0.717, 1.165) is 17.5 Å². The van der Waals surface area contributed by atoms with Crippen molar-refractivity contribution in [3.8, 4) is 17.2 Å². The van der Waals surface area contributed by atoms with Crippen molar-refractivity contribution in [3.05, 3.63) is 83.4 Å². The van der Waals surface area contributed by atoms with E-state index in [0.29, 0.717) is 29.4 Å². The molecule has 36 heavy (non-hydrogen) atoms. The lowest BCUT2D eigenvalue weighted by molar-refractivity contribution is -0.120. The van der Waals surface area contributed by atoms with Crippen molar-refractivity contribution in [1.29, 1.82) is 0 Å². The highest BCUT2D eigenvalue weighted by atomic mass is 32.2. The first-order valence-electron chi connectivity index (χ1n) is 12.0. The molecule has 0 spiro atoms. The Morgan fingerprint density at radius 3 is 2.42 bits per heavy atom. The second-order valence-electron chi connectivity index (χ2n) is 9.06. The van der Waals surface area contributed by atoms with Gasteiger partial charge in [0, 0.05) is 0 Å². The van der Waals surface area contributed by atoms with Gasteiger partial charge in [-0.25, -0.2) is 13.1 Å². The number of fused-ring (bicyclic) bond motifs is 1. The quantitative estimate of drug-likeness (QED) is 0.406. The molecular formula is C28H31NO6S. The molecule has 1 N–H and O–H groups in total. The van der Waals surface area contributed by atoms with Gasteiger partial charge in [-0.1, -0.05) is 51.1 Å². The first-order chi connectivity index (χ1) is 17.3. The van der Waals surface area contributed by atoms with Gasteiger partial charge < -0.3 is 14.2 Å². The number of benzene rings is 3. The summed E-state index contributed by atoms with van der Waals surface area (Å²) >= 11 is 0. The molecule has 0 saturated carbocycles. The average Bonchev–Trinajstić information content (AvgIpc) is 3.34. The number of rotatable bonds is 10. The lowest BCUT2D eigenvalue weighted by atomic mass is 9.91. The molecule has 3 aromatic carbocycles. The van der Waals surface area contributed by atoms with Crippen molar-refractivity contribution < 1.29 is 27.4 Å². The summed E-state index contributed by atoms with van der Waals surface area (Å²) in [6, 6.07) is 19.3. The number of hydrogen-bond acceptors (Lipinski definition) is 6. The molecule has 190 valence electrons. The highest BCUT2D eigenvalue weighted by molar-refractivity contribution is 7.90. The van der Waals surface area contributed by atoms with Gasteiger partial charge in [0.05, 0.1) is 17.4 Å². The molecule has 0 aromatic heterocycles. The molecule has 1 heterocycles. The topological polar surface area (TPSA) is 90.9 Å². The predicted octanol–water partition coefficient (Wildman–Crippen LogP) is 5.16. The first kappa shape index (κ1) is 25.6. The van der Waals surface area contributed by atoms with Gasteiger partial charge >= 0.3 is 0 Å². The average molecular weight is 510 g/mol. The summed E-state index contributed by atoms with van der Waals surface area (Å²) in [7, 11) is -4.06. The molecule has 1 amide bonds. The third kappa shape index (κ3) is 5.99. The van der Waals surface area contributed by atoms with E-state index in [1.165, 1.54) is 12.1 Å². The SMILES string of the molecule is CCCOc1cccc(CC(C(=O)NS(=O)(=O)c2ccc(C(C)C)cc2)c2ccc3c(c2)OCO3)c1. The fraction of sp³-hybridized carbons (Fsp3) is 0.321. The maximum Gasteiger partial charge on any atom is 0.264 e. The summed E-state index contributed by atoms with van der Waals surface area (Å²) in [6.07, 6.45) is 1.15. The molecule has 0 saturated heterocycles. The van der Waals surface area contributed by atoms with Crippen LogP contribution >= 0.6 is 0 Å². The Kier molecular flexibility index (Phi) is 7.84. The summed E-state index contributed by atoms with van der Waals surface area (Å²) in [4.78, 5) is 13.5. The lowest BCUT2D eigenvalue weighted by Crippen LogP contribution is -2.35. The Labute approximate surface area is 212 Å². The molecule has 0 aliphatic carbocycles. The van der Waals surface area contributed by atoms with Gasteiger partial charge in [-0.2, -0.15) is 0 Å². The molecule has 1 unspecified atom stereocenters. The first-order valence-corrected chi connectivity index (χ1v) is 13.5. The number of nitrogens with one attached hydrogen (secondary N) is 1. The van der Waals surface area contributed by atoms with E-state index < -0.39 is 21.8 Å². The van der Waals surface area contributed by atoms with E-state index in [9.17, 15) is 13.2 Å². The van der Waals surface area contributed by atoms with Crippen LogP contribution in [-0.4, -0.2) is 27.7 Å². The van der Waals surface area contributed by atoms with E-state index in [2.05, 4.69) is 4.72 Å². The molecular weight excluding hydrogens is 478 g/mol. The minimum atomic E-state index is -4.06. The van der Waals surface area contributed by atoms with Crippen LogP contribution in [0.25, 0.3) is 0 Å². The molecule has 0 radical (unpaired) electrons. The zero-order valence-electron chi connectivity index (χ0n) is 20.7. The van der Waals surface area contributed by atoms with Crippen LogP contribution in [0, 0.1) is 0 Å². The predicted molar refractivity (Wildman–Crippen MR) is 137 cm³/mol. The van der Waals surface area contributed by atoms with E-state index >= 15 is 0 Å². The minimum absolute atomic E-state index is 0.0413. The fourth-order valence-corrected chi connectivity index (χ4v) is 5.02. The molecule has 1 aliphatic heterocycles. The van der Waals surface area contributed by atoms with E-state index in [1.807, 2.05) is 45.0 Å². The van der Waals surface area contributed by atoms with Crippen LogP contribution in [0.15, 0.2) is 71.6 Å². The Morgan fingerprint density at radius 1 is 0.972 bits per heavy atom. The van der Waals surface area contributed by atoms with Gasteiger partial charge in [-0.3, -0.25) is 4.79 Å². The number of carbonyl (C=O) groups is 1. The van der Waals surface area contributed by atoms with E-state index in [4.69, 9.17) is 14.2 Å². The zero-order valence-corrected chi connectivity index (χ0v) is 21.5. The van der Waals surface area contributed by atoms with Crippen molar-refractivity contribution >= 4 is 15.9 Å². The van der Waals surface area contributed by atoms with Gasteiger partial charge in [0.15, 0.2) is 11.5 Å². The van der Waals surface area contributed by atoms with Crippen molar-refractivity contribution in [2.45, 2.75) is 50.3 Å². The fourth-order valence-electron chi connectivity index (χ4n) is 4.00. The van der Waals surface area contributed by atoms with E-state index in [-0.39, 0.29) is 24.0 Å². The molecule has 8 heteroatoms. The molecule has 3 aromatic rings. The molecule has 4 rings (SSSR count). The van der Waals surface area contributed by atoms with Crippen molar-refractivity contribution in [2.24, 2.45) is 0 Å². The summed E-state index contributed by atoms with van der Waals surface area (Å²) in [5.41, 5.74) is 2.49. The van der Waals surface area contributed by atoms with Crippen molar-refractivity contribution in [3.63, 3.8) is 0 Å². The zero-order chi connectivity index (χ0) is 25.7. The summed E-state index contributed by atoms with van der Waals surface area (Å²) in [6.45, 7) is 6.78. The molecule has 1 aliphatic rings. The summed E-state index contributed by atoms with van der Waals surface area (Å²) in [5.74, 6) is 0.677. The van der Waals surface area contributed by atoms with Crippen LogP contribution in [-0.2, 0) is 21.2 Å². The van der Waals surface area contributed by atoms with Crippen LogP contribution in [0.3, 0.4) is 0 Å². The summed E-state index contributed by atoms with van der Waals surface area (Å²) in [5, 5.41) is 0. The van der Waals surface area contributed by atoms with Crippen molar-refractivity contribution in [2.75, 3.05) is 13.4 Å². The van der Waals surface area contributed by atoms with Crippen LogP contribution in [0.1, 0.15) is 55.7 Å². The maximum absolute atomic E-state index is 13.5. The minimum Gasteiger partial charge on any atom is -0.494 e. The summed E-state index contributed by atoms with van der Waals surface area (Å²) < 4.78 is 45.1. The Balaban J connectivity index is 1.62. The third-order valence-corrected chi connectivity index (χ3v) is 7.38. The highest BCUT2D eigenvalue weighted by Gasteiger charge is 2.28. The Morgan fingerprint density at radius 2 is 1.69 bits per heavy atom. The number of hydrogen-bond donors (Lipinski definition) is 1. The largest absolute Gasteiger partial charge is 0.494 e. The Hall–Kier alpha value is -3.52. The van der Waals surface area contributed by atoms with E-state index in [1.54, 1.807) is 30.3 Å². The van der Waals surface area contributed by atoms with Gasteiger partial charge in [0.2, 0.25) is 12.7 Å². The number of sulfonamides is 1.